The first-order valence-corrected chi connectivity index (χ1v) is 5.63. The maximum atomic E-state index is 10.8. The molecule has 0 atom stereocenters. The molecule has 0 bridgehead atoms. The summed E-state index contributed by atoms with van der Waals surface area (Å²) in [4.78, 5) is 19.0. The van der Waals surface area contributed by atoms with Gasteiger partial charge in [-0.1, -0.05) is 0 Å². The summed E-state index contributed by atoms with van der Waals surface area (Å²) < 4.78 is 1.96. The van der Waals surface area contributed by atoms with E-state index in [1.807, 2.05) is 10.6 Å². The molecule has 94 valence electrons. The normalized spacial score (nSPS) is 10.3. The third-order valence-electron chi connectivity index (χ3n) is 2.52. The fourth-order valence-corrected chi connectivity index (χ4v) is 1.65. The van der Waals surface area contributed by atoms with E-state index in [0.29, 0.717) is 18.9 Å². The number of nitrogens with zero attached hydrogens (tertiary/aromatic N) is 3. The van der Waals surface area contributed by atoms with Gasteiger partial charge in [0.15, 0.2) is 0 Å². The van der Waals surface area contributed by atoms with Crippen LogP contribution in [0.3, 0.4) is 0 Å². The van der Waals surface area contributed by atoms with Crippen molar-refractivity contribution in [3.05, 3.63) is 30.9 Å². The maximum Gasteiger partial charge on any atom is 0.216 e. The van der Waals surface area contributed by atoms with Gasteiger partial charge in [-0.2, -0.15) is 0 Å². The summed E-state index contributed by atoms with van der Waals surface area (Å²) in [6.07, 6.45) is 5.20. The summed E-state index contributed by atoms with van der Waals surface area (Å²) in [6, 6.07) is 3.65. The molecule has 0 unspecified atom stereocenters. The first-order valence-electron chi connectivity index (χ1n) is 5.63. The highest BCUT2D eigenvalue weighted by atomic mass is 16.1. The Labute approximate surface area is 105 Å². The molecule has 0 saturated carbocycles. The highest BCUT2D eigenvalue weighted by molar-refractivity contribution is 5.72. The minimum atomic E-state index is -0.0363. The Balaban J connectivity index is 2.12. The smallest absolute Gasteiger partial charge is 0.216 e. The van der Waals surface area contributed by atoms with Gasteiger partial charge in [-0.3, -0.25) is 4.79 Å². The van der Waals surface area contributed by atoms with E-state index < -0.39 is 0 Å². The lowest BCUT2D eigenvalue weighted by atomic mass is 10.2. The summed E-state index contributed by atoms with van der Waals surface area (Å²) in [6.45, 7) is 2.74. The van der Waals surface area contributed by atoms with Crippen molar-refractivity contribution in [3.8, 4) is 11.3 Å². The van der Waals surface area contributed by atoms with Gasteiger partial charge in [-0.05, 0) is 12.1 Å². The van der Waals surface area contributed by atoms with Crippen LogP contribution in [0.25, 0.3) is 11.3 Å². The van der Waals surface area contributed by atoms with E-state index in [1.54, 1.807) is 24.8 Å². The zero-order valence-electron chi connectivity index (χ0n) is 10.1. The van der Waals surface area contributed by atoms with Crippen LogP contribution >= 0.6 is 0 Å². The first kappa shape index (κ1) is 12.1. The maximum absolute atomic E-state index is 10.8. The molecule has 0 aliphatic carbocycles. The molecule has 6 nitrogen and oxygen atoms in total. The Morgan fingerprint density at radius 3 is 2.94 bits per heavy atom. The van der Waals surface area contributed by atoms with E-state index in [9.17, 15) is 4.79 Å². The van der Waals surface area contributed by atoms with Gasteiger partial charge in [0.1, 0.15) is 5.82 Å². The standard InChI is InChI=1S/C12H15N5O/c1-9(18)15-4-5-17-8-14-7-11(17)10-2-3-12(13)16-6-10/h2-3,6-8H,4-5H2,1H3,(H2,13,16)(H,15,18). The van der Waals surface area contributed by atoms with Gasteiger partial charge in [0, 0.05) is 31.8 Å². The van der Waals surface area contributed by atoms with E-state index in [1.165, 1.54) is 6.92 Å². The summed E-state index contributed by atoms with van der Waals surface area (Å²) >= 11 is 0. The summed E-state index contributed by atoms with van der Waals surface area (Å²) in [7, 11) is 0. The molecule has 2 aromatic rings. The number of anilines is 1. The predicted octanol–water partition coefficient (Wildman–Crippen LogP) is 0.663. The number of hydrogen-bond acceptors (Lipinski definition) is 4. The number of nitrogens with two attached hydrogens (primary N) is 1. The van der Waals surface area contributed by atoms with E-state index >= 15 is 0 Å². The molecule has 0 fully saturated rings. The molecule has 18 heavy (non-hydrogen) atoms. The molecular weight excluding hydrogens is 230 g/mol. The minimum absolute atomic E-state index is 0.0363. The Hall–Kier alpha value is -2.37. The highest BCUT2D eigenvalue weighted by Gasteiger charge is 2.05. The Kier molecular flexibility index (Phi) is 3.57. The number of hydrogen-bond donors (Lipinski definition) is 2. The second-order valence-corrected chi connectivity index (χ2v) is 3.93. The van der Waals surface area contributed by atoms with Crippen molar-refractivity contribution in [2.24, 2.45) is 0 Å². The molecule has 3 N–H and O–H groups in total. The Morgan fingerprint density at radius 2 is 2.28 bits per heavy atom. The first-order chi connectivity index (χ1) is 8.66. The van der Waals surface area contributed by atoms with Gasteiger partial charge < -0.3 is 15.6 Å². The van der Waals surface area contributed by atoms with Gasteiger partial charge in [0.2, 0.25) is 5.91 Å². The number of amides is 1. The van der Waals surface area contributed by atoms with E-state index in [2.05, 4.69) is 15.3 Å². The largest absolute Gasteiger partial charge is 0.384 e. The van der Waals surface area contributed by atoms with Gasteiger partial charge in [-0.25, -0.2) is 9.97 Å². The fourth-order valence-electron chi connectivity index (χ4n) is 1.65. The molecule has 2 heterocycles. The SMILES string of the molecule is CC(=O)NCCn1cncc1-c1ccc(N)nc1. The Bertz CT molecular complexity index is 532. The number of nitrogen functional groups attached to an aromatic ring is 1. The third kappa shape index (κ3) is 2.85. The van der Waals surface area contributed by atoms with Crippen LogP contribution in [0.4, 0.5) is 5.82 Å². The molecule has 0 spiro atoms. The number of carbonyl (C=O) groups is 1. The third-order valence-corrected chi connectivity index (χ3v) is 2.52. The molecular formula is C12H15N5O. The van der Waals surface area contributed by atoms with Crippen LogP contribution in [-0.4, -0.2) is 27.0 Å². The molecule has 2 rings (SSSR count). The quantitative estimate of drug-likeness (QED) is 0.828. The zero-order valence-corrected chi connectivity index (χ0v) is 10.1. The molecule has 0 aromatic carbocycles. The number of carbonyl (C=O) groups excluding carboxylic acids is 1. The lowest BCUT2D eigenvalue weighted by Crippen LogP contribution is -2.24. The molecule has 6 heteroatoms. The topological polar surface area (TPSA) is 85.8 Å². The average molecular weight is 245 g/mol. The van der Waals surface area contributed by atoms with E-state index in [4.69, 9.17) is 5.73 Å². The molecule has 0 saturated heterocycles. The van der Waals surface area contributed by atoms with Gasteiger partial charge in [0.05, 0.1) is 18.2 Å². The highest BCUT2D eigenvalue weighted by Crippen LogP contribution is 2.18. The van der Waals surface area contributed by atoms with E-state index in [-0.39, 0.29) is 5.91 Å². The number of nitrogens with one attached hydrogen (secondary N) is 1. The zero-order chi connectivity index (χ0) is 13.0. The number of rotatable bonds is 4. The van der Waals surface area contributed by atoms with Crippen molar-refractivity contribution in [2.45, 2.75) is 13.5 Å². The van der Waals surface area contributed by atoms with Crippen LogP contribution < -0.4 is 11.1 Å². The van der Waals surface area contributed by atoms with Crippen molar-refractivity contribution in [1.29, 1.82) is 0 Å². The van der Waals surface area contributed by atoms with Crippen LogP contribution in [-0.2, 0) is 11.3 Å². The lowest BCUT2D eigenvalue weighted by Gasteiger charge is -2.08. The van der Waals surface area contributed by atoms with Gasteiger partial charge in [0.25, 0.3) is 0 Å². The van der Waals surface area contributed by atoms with E-state index in [0.717, 1.165) is 11.3 Å². The fraction of sp³-hybridized carbons (Fsp3) is 0.250. The number of imidazole rings is 1. The minimum Gasteiger partial charge on any atom is -0.384 e. The summed E-state index contributed by atoms with van der Waals surface area (Å²) in [5.41, 5.74) is 7.45. The predicted molar refractivity (Wildman–Crippen MR) is 68.6 cm³/mol. The van der Waals surface area contributed by atoms with Crippen LogP contribution in [0.15, 0.2) is 30.9 Å². The monoisotopic (exact) mass is 245 g/mol. The van der Waals surface area contributed by atoms with Crippen LogP contribution in [0, 0.1) is 0 Å². The van der Waals surface area contributed by atoms with Gasteiger partial charge in [-0.15, -0.1) is 0 Å². The number of aromatic nitrogens is 3. The van der Waals surface area contributed by atoms with Crippen LogP contribution in [0.5, 0.6) is 0 Å². The molecule has 1 amide bonds. The molecule has 0 radical (unpaired) electrons. The average Bonchev–Trinajstić information content (AvgIpc) is 2.78. The second kappa shape index (κ2) is 5.31. The van der Waals surface area contributed by atoms with Crippen molar-refractivity contribution in [2.75, 3.05) is 12.3 Å². The van der Waals surface area contributed by atoms with Crippen molar-refractivity contribution in [1.82, 2.24) is 19.9 Å². The summed E-state index contributed by atoms with van der Waals surface area (Å²) in [5, 5.41) is 2.75. The molecule has 0 aliphatic heterocycles. The lowest BCUT2D eigenvalue weighted by molar-refractivity contribution is -0.118. The van der Waals surface area contributed by atoms with Crippen molar-refractivity contribution < 1.29 is 4.79 Å². The van der Waals surface area contributed by atoms with Crippen LogP contribution in [0.1, 0.15) is 6.92 Å². The van der Waals surface area contributed by atoms with Crippen molar-refractivity contribution >= 4 is 11.7 Å². The Morgan fingerprint density at radius 1 is 1.44 bits per heavy atom. The molecule has 2 aromatic heterocycles. The van der Waals surface area contributed by atoms with Crippen molar-refractivity contribution in [3.63, 3.8) is 0 Å². The van der Waals surface area contributed by atoms with Gasteiger partial charge >= 0.3 is 0 Å². The number of pyridine rings is 1. The van der Waals surface area contributed by atoms with Crippen LogP contribution in [0.2, 0.25) is 0 Å². The molecule has 0 aliphatic rings. The summed E-state index contributed by atoms with van der Waals surface area (Å²) in [5.74, 6) is 0.453. The second-order valence-electron chi connectivity index (χ2n) is 3.93.